The molecule has 222 valence electrons. The lowest BCUT2D eigenvalue weighted by atomic mass is 9.70. The monoisotopic (exact) mass is 570 g/mol. The predicted molar refractivity (Wildman–Crippen MR) is 177 cm³/mol. The van der Waals surface area contributed by atoms with Crippen molar-refractivity contribution in [1.82, 2.24) is 0 Å². The molecule has 2 heteroatoms. The van der Waals surface area contributed by atoms with E-state index >= 15 is 0 Å². The second-order valence-electron chi connectivity index (χ2n) is 16.3. The number of hydrogen-bond acceptors (Lipinski definition) is 0. The highest BCUT2D eigenvalue weighted by atomic mass is 31.1. The maximum atomic E-state index is 2.88. The molecule has 0 N–H and O–H groups in total. The highest BCUT2D eigenvalue weighted by Gasteiger charge is 2.61. The van der Waals surface area contributed by atoms with E-state index in [1.807, 2.05) is 0 Å². The molecule has 0 heterocycles. The maximum absolute atomic E-state index is 2.88. The number of fused-ring (bicyclic) bond motifs is 2. The van der Waals surface area contributed by atoms with Gasteiger partial charge in [0.2, 0.25) is 0 Å². The SMILES string of the molecule is CC(C)([C@H]1C2C=CC(C2)[C@@H]1C(C)(C)P(C1CCCCC1)C1CCCCC1)P(C1CCCCC1)C1CCCCC1. The lowest BCUT2D eigenvalue weighted by Crippen LogP contribution is -2.50. The van der Waals surface area contributed by atoms with Crippen LogP contribution in [-0.2, 0) is 0 Å². The lowest BCUT2D eigenvalue weighted by molar-refractivity contribution is 0.207. The fraction of sp³-hybridized carbons (Fsp3) is 0.946. The molecule has 0 spiro atoms. The van der Waals surface area contributed by atoms with E-state index in [0.29, 0.717) is 10.3 Å². The van der Waals surface area contributed by atoms with Gasteiger partial charge >= 0.3 is 0 Å². The summed E-state index contributed by atoms with van der Waals surface area (Å²) in [6, 6.07) is 0. The van der Waals surface area contributed by atoms with Crippen molar-refractivity contribution in [1.29, 1.82) is 0 Å². The Hall–Kier alpha value is 0.600. The smallest absolute Gasteiger partial charge is 0.0109 e. The molecule has 2 bridgehead atoms. The van der Waals surface area contributed by atoms with E-state index in [9.17, 15) is 0 Å². The van der Waals surface area contributed by atoms with E-state index in [1.54, 1.807) is 51.4 Å². The minimum atomic E-state index is 0.0882. The summed E-state index contributed by atoms with van der Waals surface area (Å²) < 4.78 is 0. The largest absolute Gasteiger partial charge is 0.0942 e. The van der Waals surface area contributed by atoms with Gasteiger partial charge < -0.3 is 0 Å². The van der Waals surface area contributed by atoms with Crippen LogP contribution >= 0.6 is 15.8 Å². The average molecular weight is 571 g/mol. The number of rotatable bonds is 8. The molecule has 0 saturated heterocycles. The molecule has 6 aliphatic carbocycles. The van der Waals surface area contributed by atoms with Gasteiger partial charge in [-0.25, -0.2) is 0 Å². The van der Waals surface area contributed by atoms with Crippen LogP contribution in [0.4, 0.5) is 0 Å². The second-order valence-corrected chi connectivity index (χ2v) is 23.1. The van der Waals surface area contributed by atoms with E-state index in [1.165, 1.54) is 83.5 Å². The van der Waals surface area contributed by atoms with Gasteiger partial charge in [-0.2, -0.15) is 0 Å². The highest BCUT2D eigenvalue weighted by Crippen LogP contribution is 2.75. The topological polar surface area (TPSA) is 0 Å². The fourth-order valence-electron chi connectivity index (χ4n) is 12.0. The zero-order valence-electron chi connectivity index (χ0n) is 26.5. The van der Waals surface area contributed by atoms with Gasteiger partial charge in [0, 0.05) is 0 Å². The average Bonchev–Trinajstić information content (AvgIpc) is 3.58. The Balaban J connectivity index is 1.35. The van der Waals surface area contributed by atoms with Gasteiger partial charge in [-0.1, -0.05) is 133 Å². The number of allylic oxidation sites excluding steroid dienone is 2. The van der Waals surface area contributed by atoms with E-state index in [2.05, 4.69) is 39.8 Å². The second kappa shape index (κ2) is 12.7. The van der Waals surface area contributed by atoms with Gasteiger partial charge in [0.05, 0.1) is 0 Å². The first kappa shape index (κ1) is 29.7. The minimum Gasteiger partial charge on any atom is -0.0942 e. The molecule has 6 rings (SSSR count). The van der Waals surface area contributed by atoms with Gasteiger partial charge in [-0.15, -0.1) is 0 Å². The van der Waals surface area contributed by atoms with Crippen molar-refractivity contribution in [2.75, 3.05) is 0 Å². The van der Waals surface area contributed by atoms with E-state index in [4.69, 9.17) is 0 Å². The molecule has 39 heavy (non-hydrogen) atoms. The standard InChI is InChI=1S/C37H64P2/c1-36(2,38(30-17-9-5-10-18-30)31-19-11-6-12-20-31)34-28-25-26-29(27-28)35(34)37(3,4)39(32-21-13-7-14-22-32)33-23-15-8-16-24-33/h25-26,28-35H,5-24,27H2,1-4H3/t28?,29?,34-,35-/m0/s1. The van der Waals surface area contributed by atoms with Gasteiger partial charge in [0.1, 0.15) is 0 Å². The van der Waals surface area contributed by atoms with Crippen LogP contribution in [0.1, 0.15) is 163 Å². The molecule has 0 aliphatic heterocycles. The Morgan fingerprint density at radius 3 is 0.923 bits per heavy atom. The van der Waals surface area contributed by atoms with Crippen molar-refractivity contribution < 1.29 is 0 Å². The van der Waals surface area contributed by atoms with Crippen molar-refractivity contribution in [2.45, 2.75) is 195 Å². The molecule has 0 aromatic heterocycles. The molecule has 4 atom stereocenters. The fourth-order valence-corrected chi connectivity index (χ4v) is 22.0. The van der Waals surface area contributed by atoms with E-state index < -0.39 is 0 Å². The first-order chi connectivity index (χ1) is 18.9. The molecule has 5 saturated carbocycles. The molecule has 0 nitrogen and oxygen atoms in total. The summed E-state index contributed by atoms with van der Waals surface area (Å²) in [5.74, 6) is 3.69. The van der Waals surface area contributed by atoms with Gasteiger partial charge in [-0.05, 0) is 114 Å². The van der Waals surface area contributed by atoms with Gasteiger partial charge in [0.25, 0.3) is 0 Å². The van der Waals surface area contributed by atoms with Crippen LogP contribution in [0.15, 0.2) is 12.2 Å². The minimum absolute atomic E-state index is 0.0882. The zero-order chi connectivity index (χ0) is 27.0. The van der Waals surface area contributed by atoms with Crippen molar-refractivity contribution in [3.63, 3.8) is 0 Å². The summed E-state index contributed by atoms with van der Waals surface area (Å²) in [5.41, 5.74) is 4.32. The third-order valence-electron chi connectivity index (χ3n) is 13.3. The molecule has 0 aromatic carbocycles. The Bertz CT molecular complexity index is 701. The molecular formula is C37H64P2. The molecule has 5 fully saturated rings. The Labute approximate surface area is 246 Å². The Kier molecular flexibility index (Phi) is 9.64. The van der Waals surface area contributed by atoms with Crippen LogP contribution in [0.25, 0.3) is 0 Å². The highest BCUT2D eigenvalue weighted by molar-refractivity contribution is 7.61. The Morgan fingerprint density at radius 2 is 0.667 bits per heavy atom. The molecule has 0 radical (unpaired) electrons. The van der Waals surface area contributed by atoms with Crippen LogP contribution in [0.2, 0.25) is 0 Å². The van der Waals surface area contributed by atoms with Gasteiger partial charge in [0.15, 0.2) is 0 Å². The van der Waals surface area contributed by atoms with Crippen molar-refractivity contribution >= 4 is 15.8 Å². The number of hydrogen-bond donors (Lipinski definition) is 0. The third-order valence-corrected chi connectivity index (χ3v) is 21.8. The first-order valence-electron chi connectivity index (χ1n) is 18.1. The maximum Gasteiger partial charge on any atom is -0.0109 e. The van der Waals surface area contributed by atoms with Gasteiger partial charge in [-0.3, -0.25) is 0 Å². The molecule has 0 aromatic rings. The van der Waals surface area contributed by atoms with Crippen LogP contribution in [0.5, 0.6) is 0 Å². The Morgan fingerprint density at radius 1 is 0.410 bits per heavy atom. The van der Waals surface area contributed by atoms with Crippen LogP contribution in [0.3, 0.4) is 0 Å². The van der Waals surface area contributed by atoms with Crippen LogP contribution in [0, 0.1) is 23.7 Å². The van der Waals surface area contributed by atoms with E-state index in [0.717, 1.165) is 46.3 Å². The normalized spacial score (nSPS) is 34.5. The summed E-state index contributed by atoms with van der Waals surface area (Å²) in [7, 11) is 0.176. The summed E-state index contributed by atoms with van der Waals surface area (Å²) in [6.07, 6.45) is 38.0. The summed E-state index contributed by atoms with van der Waals surface area (Å²) in [6.45, 7) is 11.5. The molecule has 0 amide bonds. The molecule has 2 unspecified atom stereocenters. The third kappa shape index (κ3) is 5.90. The zero-order valence-corrected chi connectivity index (χ0v) is 28.3. The van der Waals surface area contributed by atoms with Crippen molar-refractivity contribution in [3.05, 3.63) is 12.2 Å². The lowest BCUT2D eigenvalue weighted by Gasteiger charge is -2.58. The van der Waals surface area contributed by atoms with Crippen LogP contribution in [-0.4, -0.2) is 32.9 Å². The molecular weight excluding hydrogens is 506 g/mol. The summed E-state index contributed by atoms with van der Waals surface area (Å²) >= 11 is 0. The van der Waals surface area contributed by atoms with Crippen molar-refractivity contribution in [3.8, 4) is 0 Å². The quantitative estimate of drug-likeness (QED) is 0.201. The van der Waals surface area contributed by atoms with Crippen molar-refractivity contribution in [2.24, 2.45) is 23.7 Å². The van der Waals surface area contributed by atoms with Crippen LogP contribution < -0.4 is 0 Å². The molecule has 6 aliphatic rings. The predicted octanol–water partition coefficient (Wildman–Crippen LogP) is 12.3. The first-order valence-corrected chi connectivity index (χ1v) is 21.1. The summed E-state index contributed by atoms with van der Waals surface area (Å²) in [4.78, 5) is 0. The summed E-state index contributed by atoms with van der Waals surface area (Å²) in [5, 5.41) is 1.09. The van der Waals surface area contributed by atoms with E-state index in [-0.39, 0.29) is 15.8 Å².